The lowest BCUT2D eigenvalue weighted by molar-refractivity contribution is -0.141. The zero-order valence-electron chi connectivity index (χ0n) is 11.3. The SMILES string of the molecule is COC(=O)Cn1cc(NS(=O)(=O)N(C)C(C)C)cn1. The summed E-state index contributed by atoms with van der Waals surface area (Å²) in [6.07, 6.45) is 2.75. The van der Waals surface area contributed by atoms with Crippen LogP contribution in [0.4, 0.5) is 5.69 Å². The number of nitrogens with zero attached hydrogens (tertiary/aromatic N) is 3. The molecule has 0 fully saturated rings. The normalized spacial score (nSPS) is 11.9. The fraction of sp³-hybridized carbons (Fsp3) is 0.600. The number of ether oxygens (including phenoxy) is 1. The lowest BCUT2D eigenvalue weighted by Gasteiger charge is -2.20. The molecule has 1 aromatic heterocycles. The van der Waals surface area contributed by atoms with Gasteiger partial charge in [0, 0.05) is 19.3 Å². The van der Waals surface area contributed by atoms with Crippen LogP contribution in [0.15, 0.2) is 12.4 Å². The Morgan fingerprint density at radius 2 is 2.21 bits per heavy atom. The van der Waals surface area contributed by atoms with Crippen LogP contribution in [0.3, 0.4) is 0 Å². The molecule has 0 bridgehead atoms. The maximum atomic E-state index is 11.9. The monoisotopic (exact) mass is 290 g/mol. The molecule has 9 heteroatoms. The number of carbonyl (C=O) groups excluding carboxylic acids is 1. The maximum absolute atomic E-state index is 11.9. The third kappa shape index (κ3) is 4.21. The predicted octanol–water partition coefficient (Wildman–Crippen LogP) is 0.0530. The smallest absolute Gasteiger partial charge is 0.327 e. The summed E-state index contributed by atoms with van der Waals surface area (Å²) < 4.78 is 33.2. The molecule has 0 saturated carbocycles. The number of rotatable bonds is 6. The molecule has 0 aliphatic carbocycles. The fourth-order valence-electron chi connectivity index (χ4n) is 1.20. The Balaban J connectivity index is 2.76. The van der Waals surface area contributed by atoms with E-state index in [2.05, 4.69) is 14.6 Å². The van der Waals surface area contributed by atoms with Gasteiger partial charge in [0.05, 0.1) is 19.0 Å². The molecule has 0 unspecified atom stereocenters. The van der Waals surface area contributed by atoms with Crippen molar-refractivity contribution in [3.63, 3.8) is 0 Å². The number of methoxy groups -OCH3 is 1. The summed E-state index contributed by atoms with van der Waals surface area (Å²) in [6, 6.07) is -0.164. The molecule has 0 aliphatic rings. The minimum absolute atomic E-state index is 0.0712. The zero-order chi connectivity index (χ0) is 14.6. The van der Waals surface area contributed by atoms with Gasteiger partial charge in [0.2, 0.25) is 0 Å². The van der Waals surface area contributed by atoms with Crippen LogP contribution in [0, 0.1) is 0 Å². The van der Waals surface area contributed by atoms with E-state index in [-0.39, 0.29) is 18.3 Å². The second-order valence-corrected chi connectivity index (χ2v) is 5.95. The molecular weight excluding hydrogens is 272 g/mol. The van der Waals surface area contributed by atoms with E-state index < -0.39 is 16.2 Å². The fourth-order valence-corrected chi connectivity index (χ4v) is 2.30. The van der Waals surface area contributed by atoms with Gasteiger partial charge in [-0.3, -0.25) is 14.2 Å². The van der Waals surface area contributed by atoms with Crippen LogP contribution in [0.2, 0.25) is 0 Å². The third-order valence-electron chi connectivity index (χ3n) is 2.51. The summed E-state index contributed by atoms with van der Waals surface area (Å²) in [5.74, 6) is -0.461. The van der Waals surface area contributed by atoms with Crippen molar-refractivity contribution < 1.29 is 17.9 Å². The number of esters is 1. The van der Waals surface area contributed by atoms with Gasteiger partial charge in [-0.2, -0.15) is 17.8 Å². The molecule has 1 N–H and O–H groups in total. The first-order valence-electron chi connectivity index (χ1n) is 5.61. The molecule has 1 aromatic rings. The average molecular weight is 290 g/mol. The molecule has 0 aromatic carbocycles. The molecule has 0 spiro atoms. The quantitative estimate of drug-likeness (QED) is 0.747. The van der Waals surface area contributed by atoms with Crippen LogP contribution in [-0.4, -0.2) is 48.7 Å². The number of nitrogens with one attached hydrogen (secondary N) is 1. The number of aromatic nitrogens is 2. The highest BCUT2D eigenvalue weighted by Gasteiger charge is 2.20. The minimum Gasteiger partial charge on any atom is -0.468 e. The molecule has 108 valence electrons. The molecule has 0 atom stereocenters. The molecule has 8 nitrogen and oxygen atoms in total. The van der Waals surface area contributed by atoms with Crippen molar-refractivity contribution in [2.24, 2.45) is 0 Å². The summed E-state index contributed by atoms with van der Waals surface area (Å²) in [5.41, 5.74) is 0.288. The standard InChI is InChI=1S/C10H18N4O4S/c1-8(2)13(3)19(16,17)12-9-5-11-14(6-9)7-10(15)18-4/h5-6,8,12H,7H2,1-4H3. The molecule has 1 heterocycles. The lowest BCUT2D eigenvalue weighted by Crippen LogP contribution is -2.37. The van der Waals surface area contributed by atoms with Gasteiger partial charge in [-0.25, -0.2) is 0 Å². The Hall–Kier alpha value is -1.61. The molecular formula is C10H18N4O4S. The second kappa shape index (κ2) is 6.02. The van der Waals surface area contributed by atoms with E-state index in [1.54, 1.807) is 13.8 Å². The van der Waals surface area contributed by atoms with Crippen molar-refractivity contribution in [2.75, 3.05) is 18.9 Å². The average Bonchev–Trinajstić information content (AvgIpc) is 2.74. The van der Waals surface area contributed by atoms with Gasteiger partial charge in [-0.15, -0.1) is 0 Å². The van der Waals surface area contributed by atoms with Crippen LogP contribution >= 0.6 is 0 Å². The summed E-state index contributed by atoms with van der Waals surface area (Å²) >= 11 is 0. The minimum atomic E-state index is -3.62. The van der Waals surface area contributed by atoms with Gasteiger partial charge in [0.25, 0.3) is 0 Å². The lowest BCUT2D eigenvalue weighted by atomic mass is 10.4. The van der Waals surface area contributed by atoms with E-state index >= 15 is 0 Å². The van der Waals surface area contributed by atoms with E-state index in [0.717, 1.165) is 0 Å². The van der Waals surface area contributed by atoms with Crippen molar-refractivity contribution in [3.8, 4) is 0 Å². The van der Waals surface area contributed by atoms with Gasteiger partial charge in [-0.1, -0.05) is 0 Å². The number of hydrogen-bond acceptors (Lipinski definition) is 5. The van der Waals surface area contributed by atoms with Crippen molar-refractivity contribution in [3.05, 3.63) is 12.4 Å². The van der Waals surface area contributed by atoms with Gasteiger partial charge < -0.3 is 4.74 Å². The maximum Gasteiger partial charge on any atom is 0.327 e. The van der Waals surface area contributed by atoms with Crippen LogP contribution in [-0.2, 0) is 26.3 Å². The Kier molecular flexibility index (Phi) is 4.90. The Morgan fingerprint density at radius 1 is 1.58 bits per heavy atom. The third-order valence-corrected chi connectivity index (χ3v) is 4.18. The highest BCUT2D eigenvalue weighted by molar-refractivity contribution is 7.90. The van der Waals surface area contributed by atoms with Gasteiger partial charge >= 0.3 is 16.2 Å². The molecule has 0 radical (unpaired) electrons. The summed E-state index contributed by atoms with van der Waals surface area (Å²) in [7, 11) is -0.871. The highest BCUT2D eigenvalue weighted by Crippen LogP contribution is 2.11. The Labute approximate surface area is 112 Å². The van der Waals surface area contributed by atoms with E-state index in [1.165, 1.54) is 35.5 Å². The van der Waals surface area contributed by atoms with E-state index in [1.807, 2.05) is 0 Å². The number of hydrogen-bond donors (Lipinski definition) is 1. The Bertz CT molecular complexity index is 537. The summed E-state index contributed by atoms with van der Waals surface area (Å²) in [6.45, 7) is 3.46. The van der Waals surface area contributed by atoms with Crippen LogP contribution in [0.1, 0.15) is 13.8 Å². The number of anilines is 1. The molecule has 19 heavy (non-hydrogen) atoms. The van der Waals surface area contributed by atoms with Crippen molar-refractivity contribution in [1.29, 1.82) is 0 Å². The molecule has 0 aliphatic heterocycles. The van der Waals surface area contributed by atoms with Crippen molar-refractivity contribution >= 4 is 21.9 Å². The van der Waals surface area contributed by atoms with Crippen molar-refractivity contribution in [2.45, 2.75) is 26.4 Å². The first-order valence-corrected chi connectivity index (χ1v) is 7.05. The van der Waals surface area contributed by atoms with Crippen LogP contribution < -0.4 is 4.72 Å². The summed E-state index contributed by atoms with van der Waals surface area (Å²) in [4.78, 5) is 11.0. The van der Waals surface area contributed by atoms with Crippen LogP contribution in [0.5, 0.6) is 0 Å². The largest absolute Gasteiger partial charge is 0.468 e. The zero-order valence-corrected chi connectivity index (χ0v) is 12.1. The van der Waals surface area contributed by atoms with E-state index in [9.17, 15) is 13.2 Å². The highest BCUT2D eigenvalue weighted by atomic mass is 32.2. The van der Waals surface area contributed by atoms with E-state index in [0.29, 0.717) is 0 Å². The van der Waals surface area contributed by atoms with E-state index in [4.69, 9.17) is 0 Å². The second-order valence-electron chi connectivity index (χ2n) is 4.22. The summed E-state index contributed by atoms with van der Waals surface area (Å²) in [5, 5.41) is 3.86. The van der Waals surface area contributed by atoms with Gasteiger partial charge in [0.15, 0.2) is 0 Å². The topological polar surface area (TPSA) is 93.5 Å². The molecule has 0 saturated heterocycles. The van der Waals surface area contributed by atoms with Crippen molar-refractivity contribution in [1.82, 2.24) is 14.1 Å². The molecule has 0 amide bonds. The molecule has 1 rings (SSSR count). The Morgan fingerprint density at radius 3 is 2.74 bits per heavy atom. The first-order chi connectivity index (χ1) is 8.76. The predicted molar refractivity (Wildman–Crippen MR) is 69.7 cm³/mol. The van der Waals surface area contributed by atoms with Gasteiger partial charge in [0.1, 0.15) is 6.54 Å². The van der Waals surface area contributed by atoms with Crippen LogP contribution in [0.25, 0.3) is 0 Å². The van der Waals surface area contributed by atoms with Gasteiger partial charge in [-0.05, 0) is 13.8 Å². The first kappa shape index (κ1) is 15.4. The number of carbonyl (C=O) groups is 1.